The molecule has 0 fully saturated rings. The van der Waals surface area contributed by atoms with Gasteiger partial charge in [0.1, 0.15) is 5.39 Å². The van der Waals surface area contributed by atoms with Gasteiger partial charge >= 0.3 is 0 Å². The van der Waals surface area contributed by atoms with Crippen molar-refractivity contribution in [2.45, 2.75) is 45.3 Å². The summed E-state index contributed by atoms with van der Waals surface area (Å²) < 4.78 is 1.74. The highest BCUT2D eigenvalue weighted by Gasteiger charge is 2.23. The van der Waals surface area contributed by atoms with E-state index in [-0.39, 0.29) is 11.1 Å². The fourth-order valence-corrected chi connectivity index (χ4v) is 2.86. The molecule has 3 rings (SSSR count). The zero-order chi connectivity index (χ0) is 18.9. The monoisotopic (exact) mass is 355 g/mol. The van der Waals surface area contributed by atoms with Gasteiger partial charge in [0.2, 0.25) is 5.95 Å². The molecule has 7 heteroatoms. The summed E-state index contributed by atoms with van der Waals surface area (Å²) in [6, 6.07) is 9.51. The second kappa shape index (κ2) is 6.57. The summed E-state index contributed by atoms with van der Waals surface area (Å²) in [6.45, 7) is 8.25. The Balaban J connectivity index is 1.78. The molecule has 0 spiro atoms. The number of hydrogen-bond donors (Lipinski definition) is 3. The molecule has 0 amide bonds. The summed E-state index contributed by atoms with van der Waals surface area (Å²) in [7, 11) is 0. The van der Waals surface area contributed by atoms with Crippen LogP contribution in [0.2, 0.25) is 0 Å². The third-order valence-corrected chi connectivity index (χ3v) is 4.37. The molecule has 1 atom stereocenters. The molecule has 0 bridgehead atoms. The minimum absolute atomic E-state index is 0.234. The van der Waals surface area contributed by atoms with Gasteiger partial charge in [0, 0.05) is 6.54 Å². The van der Waals surface area contributed by atoms with E-state index >= 15 is 0 Å². The van der Waals surface area contributed by atoms with E-state index in [1.165, 1.54) is 6.20 Å². The van der Waals surface area contributed by atoms with Crippen molar-refractivity contribution in [3.63, 3.8) is 0 Å². The van der Waals surface area contributed by atoms with Crippen LogP contribution in [0.1, 0.15) is 39.7 Å². The van der Waals surface area contributed by atoms with Crippen LogP contribution in [0.25, 0.3) is 11.0 Å². The molecular formula is C19H25N5O2. The molecule has 3 N–H and O–H groups in total. The zero-order valence-electron chi connectivity index (χ0n) is 15.6. The fourth-order valence-electron chi connectivity index (χ4n) is 2.86. The van der Waals surface area contributed by atoms with Gasteiger partial charge in [-0.2, -0.15) is 10.1 Å². The third kappa shape index (κ3) is 3.62. The van der Waals surface area contributed by atoms with Crippen LogP contribution in [-0.4, -0.2) is 31.4 Å². The van der Waals surface area contributed by atoms with Gasteiger partial charge < -0.3 is 10.4 Å². The molecule has 0 radical (unpaired) electrons. The summed E-state index contributed by atoms with van der Waals surface area (Å²) in [4.78, 5) is 19.5. The Kier molecular flexibility index (Phi) is 4.58. The van der Waals surface area contributed by atoms with Crippen LogP contribution in [0, 0.1) is 0 Å². The molecule has 2 heterocycles. The SMILES string of the molecule is CC(O)(CCNc1nc2c(cnn2C(C)(C)C)c(=O)[nH]1)c1ccccc1. The number of rotatable bonds is 5. The zero-order valence-corrected chi connectivity index (χ0v) is 15.6. The van der Waals surface area contributed by atoms with Gasteiger partial charge in [-0.05, 0) is 39.7 Å². The highest BCUT2D eigenvalue weighted by Crippen LogP contribution is 2.24. The number of fused-ring (bicyclic) bond motifs is 1. The van der Waals surface area contributed by atoms with Gasteiger partial charge in [0.15, 0.2) is 5.65 Å². The van der Waals surface area contributed by atoms with E-state index in [2.05, 4.69) is 20.4 Å². The summed E-state index contributed by atoms with van der Waals surface area (Å²) >= 11 is 0. The van der Waals surface area contributed by atoms with E-state index < -0.39 is 5.60 Å². The number of H-pyrrole nitrogens is 1. The molecule has 26 heavy (non-hydrogen) atoms. The van der Waals surface area contributed by atoms with Crippen LogP contribution in [0.4, 0.5) is 5.95 Å². The summed E-state index contributed by atoms with van der Waals surface area (Å²) in [6.07, 6.45) is 2.01. The largest absolute Gasteiger partial charge is 0.385 e. The van der Waals surface area contributed by atoms with E-state index in [9.17, 15) is 9.90 Å². The molecule has 0 aliphatic rings. The lowest BCUT2D eigenvalue weighted by Crippen LogP contribution is -2.26. The molecule has 0 saturated heterocycles. The molecule has 0 aliphatic heterocycles. The predicted octanol–water partition coefficient (Wildman–Crippen LogP) is 2.58. The number of nitrogens with zero attached hydrogens (tertiary/aromatic N) is 3. The Morgan fingerprint density at radius 2 is 1.88 bits per heavy atom. The minimum Gasteiger partial charge on any atom is -0.385 e. The lowest BCUT2D eigenvalue weighted by atomic mass is 9.93. The lowest BCUT2D eigenvalue weighted by molar-refractivity contribution is 0.0515. The van der Waals surface area contributed by atoms with Crippen molar-refractivity contribution in [3.05, 3.63) is 52.4 Å². The topological polar surface area (TPSA) is 95.8 Å². The van der Waals surface area contributed by atoms with Crippen molar-refractivity contribution >= 4 is 17.0 Å². The highest BCUT2D eigenvalue weighted by molar-refractivity contribution is 5.74. The maximum Gasteiger partial charge on any atom is 0.263 e. The number of aromatic amines is 1. The van der Waals surface area contributed by atoms with Crippen molar-refractivity contribution in [2.24, 2.45) is 0 Å². The average Bonchev–Trinajstić information content (AvgIpc) is 3.00. The van der Waals surface area contributed by atoms with Crippen LogP contribution in [0.5, 0.6) is 0 Å². The molecular weight excluding hydrogens is 330 g/mol. The smallest absolute Gasteiger partial charge is 0.263 e. The second-order valence-electron chi connectivity index (χ2n) is 7.70. The molecule has 7 nitrogen and oxygen atoms in total. The number of anilines is 1. The highest BCUT2D eigenvalue weighted by atomic mass is 16.3. The standard InChI is InChI=1S/C19H25N5O2/c1-18(2,3)24-15-14(12-21-24)16(25)23-17(22-15)20-11-10-19(4,26)13-8-6-5-7-9-13/h5-9,12,26H,10-11H2,1-4H3,(H2,20,22,23,25). The number of aliphatic hydroxyl groups is 1. The Hall–Kier alpha value is -2.67. The Morgan fingerprint density at radius 3 is 2.54 bits per heavy atom. The van der Waals surface area contributed by atoms with Crippen molar-refractivity contribution in [1.82, 2.24) is 19.7 Å². The maximum atomic E-state index is 12.3. The van der Waals surface area contributed by atoms with Gasteiger partial charge in [-0.15, -0.1) is 0 Å². The van der Waals surface area contributed by atoms with E-state index in [0.717, 1.165) is 5.56 Å². The normalized spacial score (nSPS) is 14.3. The molecule has 3 aromatic rings. The fraction of sp³-hybridized carbons (Fsp3) is 0.421. The Bertz CT molecular complexity index is 951. The van der Waals surface area contributed by atoms with Gasteiger partial charge in [-0.1, -0.05) is 30.3 Å². The van der Waals surface area contributed by atoms with Crippen LogP contribution in [0.3, 0.4) is 0 Å². The Morgan fingerprint density at radius 1 is 1.19 bits per heavy atom. The molecule has 0 aliphatic carbocycles. The Labute approximate surface area is 152 Å². The first-order chi connectivity index (χ1) is 12.2. The van der Waals surface area contributed by atoms with Gasteiger partial charge in [0.05, 0.1) is 17.3 Å². The van der Waals surface area contributed by atoms with Crippen LogP contribution in [-0.2, 0) is 11.1 Å². The van der Waals surface area contributed by atoms with E-state index in [1.54, 1.807) is 11.6 Å². The van der Waals surface area contributed by atoms with Crippen LogP contribution < -0.4 is 10.9 Å². The number of benzene rings is 1. The molecule has 1 aromatic carbocycles. The molecule has 0 saturated carbocycles. The van der Waals surface area contributed by atoms with Gasteiger partial charge in [-0.3, -0.25) is 9.78 Å². The van der Waals surface area contributed by atoms with Crippen LogP contribution in [0.15, 0.2) is 41.3 Å². The lowest BCUT2D eigenvalue weighted by Gasteiger charge is -2.24. The number of aromatic nitrogens is 4. The van der Waals surface area contributed by atoms with Crippen molar-refractivity contribution in [1.29, 1.82) is 0 Å². The molecule has 138 valence electrons. The number of hydrogen-bond acceptors (Lipinski definition) is 5. The maximum absolute atomic E-state index is 12.3. The first kappa shape index (κ1) is 18.1. The van der Waals surface area contributed by atoms with E-state index in [4.69, 9.17) is 0 Å². The predicted molar refractivity (Wildman–Crippen MR) is 102 cm³/mol. The summed E-state index contributed by atoms with van der Waals surface area (Å²) in [5, 5.41) is 18.5. The first-order valence-electron chi connectivity index (χ1n) is 8.69. The van der Waals surface area contributed by atoms with Gasteiger partial charge in [0.25, 0.3) is 5.56 Å². The van der Waals surface area contributed by atoms with E-state index in [1.807, 2.05) is 51.1 Å². The quantitative estimate of drug-likeness (QED) is 0.654. The third-order valence-electron chi connectivity index (χ3n) is 4.37. The van der Waals surface area contributed by atoms with Gasteiger partial charge in [-0.25, -0.2) is 4.68 Å². The van der Waals surface area contributed by atoms with Crippen molar-refractivity contribution < 1.29 is 5.11 Å². The van der Waals surface area contributed by atoms with Crippen LogP contribution >= 0.6 is 0 Å². The summed E-state index contributed by atoms with van der Waals surface area (Å²) in [5.41, 5.74) is -0.0891. The average molecular weight is 355 g/mol. The first-order valence-corrected chi connectivity index (χ1v) is 8.69. The molecule has 1 unspecified atom stereocenters. The van der Waals surface area contributed by atoms with E-state index in [0.29, 0.717) is 29.9 Å². The van der Waals surface area contributed by atoms with Crippen molar-refractivity contribution in [2.75, 3.05) is 11.9 Å². The minimum atomic E-state index is -0.966. The molecule has 2 aromatic heterocycles. The second-order valence-corrected chi connectivity index (χ2v) is 7.70. The van der Waals surface area contributed by atoms with Crippen molar-refractivity contribution in [3.8, 4) is 0 Å². The summed E-state index contributed by atoms with van der Waals surface area (Å²) in [5.74, 6) is 0.373. The number of nitrogens with one attached hydrogen (secondary N) is 2.